The third-order valence-corrected chi connectivity index (χ3v) is 1.67. The van der Waals surface area contributed by atoms with Crippen LogP contribution in [-0.2, 0) is 9.53 Å². The monoisotopic (exact) mass is 202 g/mol. The first-order chi connectivity index (χ1) is 6.49. The van der Waals surface area contributed by atoms with Crippen molar-refractivity contribution in [2.75, 3.05) is 34.3 Å². The van der Waals surface area contributed by atoms with Gasteiger partial charge in [0.2, 0.25) is 0 Å². The van der Waals surface area contributed by atoms with Crippen molar-refractivity contribution in [1.82, 2.24) is 9.80 Å². The van der Waals surface area contributed by atoms with Crippen molar-refractivity contribution < 1.29 is 14.3 Å². The third kappa shape index (κ3) is 4.69. The standard InChI is InChI=1S/C9H18N2O3/c1-5-14-8(12)6-7-11(4)9(13)10(2)3/h5-7H2,1-4H3. The lowest BCUT2D eigenvalue weighted by atomic mass is 10.4. The average Bonchev–Trinajstić information content (AvgIpc) is 2.13. The zero-order chi connectivity index (χ0) is 11.1. The van der Waals surface area contributed by atoms with Crippen molar-refractivity contribution in [3.63, 3.8) is 0 Å². The van der Waals surface area contributed by atoms with Gasteiger partial charge in [-0.15, -0.1) is 0 Å². The van der Waals surface area contributed by atoms with Crippen LogP contribution in [0.2, 0.25) is 0 Å². The molecule has 0 N–H and O–H groups in total. The van der Waals surface area contributed by atoms with Gasteiger partial charge >= 0.3 is 12.0 Å². The van der Waals surface area contributed by atoms with Crippen LogP contribution in [0.25, 0.3) is 0 Å². The van der Waals surface area contributed by atoms with E-state index >= 15 is 0 Å². The van der Waals surface area contributed by atoms with Crippen LogP contribution in [0.5, 0.6) is 0 Å². The number of ether oxygens (including phenoxy) is 1. The Morgan fingerprint density at radius 1 is 1.21 bits per heavy atom. The van der Waals surface area contributed by atoms with Gasteiger partial charge < -0.3 is 14.5 Å². The highest BCUT2D eigenvalue weighted by molar-refractivity contribution is 5.75. The number of nitrogens with zero attached hydrogens (tertiary/aromatic N) is 2. The molecule has 0 atom stereocenters. The number of carbonyl (C=O) groups excluding carboxylic acids is 2. The predicted molar refractivity (Wildman–Crippen MR) is 53.0 cm³/mol. The van der Waals surface area contributed by atoms with Gasteiger partial charge in [0.1, 0.15) is 0 Å². The summed E-state index contributed by atoms with van der Waals surface area (Å²) in [7, 11) is 4.99. The number of rotatable bonds is 4. The topological polar surface area (TPSA) is 49.9 Å². The Balaban J connectivity index is 3.79. The lowest BCUT2D eigenvalue weighted by molar-refractivity contribution is -0.143. The molecule has 0 aliphatic carbocycles. The summed E-state index contributed by atoms with van der Waals surface area (Å²) in [6.45, 7) is 2.52. The smallest absolute Gasteiger partial charge is 0.319 e. The minimum atomic E-state index is -0.272. The Bertz CT molecular complexity index is 204. The molecule has 5 heteroatoms. The Kier molecular flexibility index (Phi) is 5.67. The van der Waals surface area contributed by atoms with E-state index in [0.717, 1.165) is 0 Å². The van der Waals surface area contributed by atoms with Crippen LogP contribution < -0.4 is 0 Å². The van der Waals surface area contributed by atoms with Gasteiger partial charge in [-0.25, -0.2) is 4.79 Å². The van der Waals surface area contributed by atoms with E-state index in [1.54, 1.807) is 28.1 Å². The Hall–Kier alpha value is -1.26. The molecule has 2 amide bonds. The second kappa shape index (κ2) is 6.23. The molecule has 14 heavy (non-hydrogen) atoms. The zero-order valence-corrected chi connectivity index (χ0v) is 9.24. The fourth-order valence-corrected chi connectivity index (χ4v) is 0.929. The number of urea groups is 1. The molecular formula is C9H18N2O3. The Morgan fingerprint density at radius 3 is 2.21 bits per heavy atom. The third-order valence-electron chi connectivity index (χ3n) is 1.67. The normalized spacial score (nSPS) is 9.43. The fraction of sp³-hybridized carbons (Fsp3) is 0.778. The van der Waals surface area contributed by atoms with Crippen LogP contribution in [0.4, 0.5) is 4.79 Å². The lowest BCUT2D eigenvalue weighted by Gasteiger charge is -2.21. The van der Waals surface area contributed by atoms with E-state index in [1.807, 2.05) is 0 Å². The summed E-state index contributed by atoms with van der Waals surface area (Å²) in [5.74, 6) is -0.272. The SMILES string of the molecule is CCOC(=O)CCN(C)C(=O)N(C)C. The van der Waals surface area contributed by atoms with Gasteiger partial charge in [0.15, 0.2) is 0 Å². The molecule has 0 radical (unpaired) electrons. The van der Waals surface area contributed by atoms with Crippen molar-refractivity contribution in [3.05, 3.63) is 0 Å². The van der Waals surface area contributed by atoms with E-state index in [2.05, 4.69) is 0 Å². The number of hydrogen-bond acceptors (Lipinski definition) is 3. The molecule has 0 heterocycles. The molecule has 0 saturated heterocycles. The molecule has 0 aromatic carbocycles. The molecule has 0 bridgehead atoms. The van der Waals surface area contributed by atoms with Crippen molar-refractivity contribution in [1.29, 1.82) is 0 Å². The highest BCUT2D eigenvalue weighted by atomic mass is 16.5. The van der Waals surface area contributed by atoms with Crippen LogP contribution in [0.15, 0.2) is 0 Å². The summed E-state index contributed by atoms with van der Waals surface area (Å²) in [5.41, 5.74) is 0. The summed E-state index contributed by atoms with van der Waals surface area (Å²) in [6.07, 6.45) is 0.240. The summed E-state index contributed by atoms with van der Waals surface area (Å²) in [5, 5.41) is 0. The molecular weight excluding hydrogens is 184 g/mol. The van der Waals surface area contributed by atoms with Crippen molar-refractivity contribution in [2.45, 2.75) is 13.3 Å². The molecule has 0 aliphatic rings. The first-order valence-corrected chi connectivity index (χ1v) is 4.57. The summed E-state index contributed by atoms with van der Waals surface area (Å²) >= 11 is 0. The summed E-state index contributed by atoms with van der Waals surface area (Å²) in [6, 6.07) is -0.116. The molecule has 0 spiro atoms. The molecule has 0 aromatic rings. The first kappa shape index (κ1) is 12.7. The fourth-order valence-electron chi connectivity index (χ4n) is 0.929. The molecule has 5 nitrogen and oxygen atoms in total. The van der Waals surface area contributed by atoms with Crippen LogP contribution in [0.3, 0.4) is 0 Å². The molecule has 0 rings (SSSR count). The average molecular weight is 202 g/mol. The van der Waals surface area contributed by atoms with Crippen LogP contribution in [-0.4, -0.2) is 56.1 Å². The first-order valence-electron chi connectivity index (χ1n) is 4.57. The molecule has 0 unspecified atom stereocenters. The van der Waals surface area contributed by atoms with Gasteiger partial charge in [-0.1, -0.05) is 0 Å². The maximum atomic E-state index is 11.3. The van der Waals surface area contributed by atoms with Gasteiger partial charge in [0, 0.05) is 27.7 Å². The minimum absolute atomic E-state index is 0.116. The number of esters is 1. The summed E-state index contributed by atoms with van der Waals surface area (Å²) in [4.78, 5) is 25.2. The molecule has 0 fully saturated rings. The molecule has 0 aliphatic heterocycles. The maximum Gasteiger partial charge on any atom is 0.319 e. The number of carbonyl (C=O) groups is 2. The Labute approximate surface area is 84.6 Å². The van der Waals surface area contributed by atoms with Crippen molar-refractivity contribution in [2.24, 2.45) is 0 Å². The largest absolute Gasteiger partial charge is 0.466 e. The second-order valence-corrected chi connectivity index (χ2v) is 3.15. The van der Waals surface area contributed by atoms with Gasteiger partial charge in [0.25, 0.3) is 0 Å². The molecule has 82 valence electrons. The van der Waals surface area contributed by atoms with E-state index in [0.29, 0.717) is 13.2 Å². The van der Waals surface area contributed by atoms with Crippen LogP contribution in [0, 0.1) is 0 Å². The van der Waals surface area contributed by atoms with E-state index in [9.17, 15) is 9.59 Å². The van der Waals surface area contributed by atoms with Crippen molar-refractivity contribution in [3.8, 4) is 0 Å². The second-order valence-electron chi connectivity index (χ2n) is 3.15. The van der Waals surface area contributed by atoms with E-state index in [1.165, 1.54) is 9.80 Å². The predicted octanol–water partition coefficient (Wildman–Crippen LogP) is 0.553. The van der Waals surface area contributed by atoms with E-state index in [-0.39, 0.29) is 18.4 Å². The highest BCUT2D eigenvalue weighted by Gasteiger charge is 2.12. The van der Waals surface area contributed by atoms with Crippen LogP contribution >= 0.6 is 0 Å². The van der Waals surface area contributed by atoms with E-state index in [4.69, 9.17) is 4.74 Å². The molecule has 0 aromatic heterocycles. The zero-order valence-electron chi connectivity index (χ0n) is 9.24. The van der Waals surface area contributed by atoms with Gasteiger partial charge in [0.05, 0.1) is 13.0 Å². The van der Waals surface area contributed by atoms with Crippen molar-refractivity contribution >= 4 is 12.0 Å². The molecule has 0 saturated carbocycles. The highest BCUT2D eigenvalue weighted by Crippen LogP contribution is 1.94. The number of amides is 2. The summed E-state index contributed by atoms with van der Waals surface area (Å²) < 4.78 is 4.74. The minimum Gasteiger partial charge on any atom is -0.466 e. The Morgan fingerprint density at radius 2 is 1.79 bits per heavy atom. The van der Waals surface area contributed by atoms with Gasteiger partial charge in [-0.3, -0.25) is 4.79 Å². The van der Waals surface area contributed by atoms with Crippen LogP contribution in [0.1, 0.15) is 13.3 Å². The maximum absolute atomic E-state index is 11.3. The van der Waals surface area contributed by atoms with Gasteiger partial charge in [-0.05, 0) is 6.92 Å². The van der Waals surface area contributed by atoms with Gasteiger partial charge in [-0.2, -0.15) is 0 Å². The quantitative estimate of drug-likeness (QED) is 0.626. The lowest BCUT2D eigenvalue weighted by Crippen LogP contribution is -2.37. The van der Waals surface area contributed by atoms with E-state index < -0.39 is 0 Å². The number of hydrogen-bond donors (Lipinski definition) is 0.